The van der Waals surface area contributed by atoms with Crippen LogP contribution >= 0.6 is 0 Å². The summed E-state index contributed by atoms with van der Waals surface area (Å²) >= 11 is 0. The molecule has 23 heavy (non-hydrogen) atoms. The Balaban J connectivity index is 2.29. The van der Waals surface area contributed by atoms with E-state index in [0.717, 1.165) is 6.26 Å². The zero-order chi connectivity index (χ0) is 17.0. The Labute approximate surface area is 135 Å². The molecule has 0 unspecified atom stereocenters. The van der Waals surface area contributed by atoms with Gasteiger partial charge in [-0.1, -0.05) is 18.2 Å². The summed E-state index contributed by atoms with van der Waals surface area (Å²) in [7, 11) is -3.64. The van der Waals surface area contributed by atoms with Crippen molar-refractivity contribution in [1.82, 2.24) is 4.90 Å². The third-order valence-corrected chi connectivity index (χ3v) is 3.65. The van der Waals surface area contributed by atoms with Crippen molar-refractivity contribution in [3.63, 3.8) is 0 Å². The highest BCUT2D eigenvalue weighted by atomic mass is 32.2. The molecule has 0 radical (unpaired) electrons. The van der Waals surface area contributed by atoms with Gasteiger partial charge in [-0.2, -0.15) is 8.42 Å². The molecular weight excluding hydrogens is 318 g/mol. The van der Waals surface area contributed by atoms with E-state index in [2.05, 4.69) is 0 Å². The summed E-state index contributed by atoms with van der Waals surface area (Å²) in [5, 5.41) is 0. The van der Waals surface area contributed by atoms with Crippen LogP contribution in [0.4, 0.5) is 0 Å². The van der Waals surface area contributed by atoms with E-state index in [1.54, 1.807) is 41.3 Å². The number of carbonyl (C=O) groups is 1. The molecule has 0 aliphatic heterocycles. The highest BCUT2D eigenvalue weighted by molar-refractivity contribution is 7.86. The largest absolute Gasteiger partial charge is 0.459 e. The molecule has 0 bridgehead atoms. The standard InChI is InChI=1S/C16H19NO5S/c1-12(2)17(16(18)15-9-6-10-21-15)11-13-7-4-5-8-14(13)22-23(3,19)20/h4-10,12H,11H2,1-3H3. The molecule has 0 saturated heterocycles. The monoisotopic (exact) mass is 337 g/mol. The van der Waals surface area contributed by atoms with Crippen molar-refractivity contribution < 1.29 is 21.8 Å². The smallest absolute Gasteiger partial charge is 0.306 e. The second kappa shape index (κ2) is 6.87. The van der Waals surface area contributed by atoms with Gasteiger partial charge in [0, 0.05) is 11.6 Å². The first kappa shape index (κ1) is 17.1. The zero-order valence-electron chi connectivity index (χ0n) is 13.2. The Bertz CT molecular complexity index is 766. The molecule has 1 aromatic heterocycles. The van der Waals surface area contributed by atoms with Crippen LogP contribution in [0.3, 0.4) is 0 Å². The van der Waals surface area contributed by atoms with Gasteiger partial charge in [-0.3, -0.25) is 4.79 Å². The van der Waals surface area contributed by atoms with Crippen LogP contribution in [-0.4, -0.2) is 31.5 Å². The first-order chi connectivity index (χ1) is 10.8. The molecule has 7 heteroatoms. The summed E-state index contributed by atoms with van der Waals surface area (Å²) in [6.45, 7) is 3.96. The Morgan fingerprint density at radius 2 is 1.91 bits per heavy atom. The van der Waals surface area contributed by atoms with Crippen molar-refractivity contribution in [3.05, 3.63) is 54.0 Å². The number of carbonyl (C=O) groups excluding carboxylic acids is 1. The molecule has 1 aromatic carbocycles. The maximum atomic E-state index is 12.5. The summed E-state index contributed by atoms with van der Waals surface area (Å²) in [4.78, 5) is 14.1. The quantitative estimate of drug-likeness (QED) is 0.757. The molecule has 0 atom stereocenters. The fourth-order valence-corrected chi connectivity index (χ4v) is 2.58. The third-order valence-electron chi connectivity index (χ3n) is 3.17. The molecule has 0 saturated carbocycles. The Kier molecular flexibility index (Phi) is 5.10. The van der Waals surface area contributed by atoms with Gasteiger partial charge in [0.1, 0.15) is 5.75 Å². The van der Waals surface area contributed by atoms with E-state index in [1.165, 1.54) is 6.26 Å². The highest BCUT2D eigenvalue weighted by Gasteiger charge is 2.23. The summed E-state index contributed by atoms with van der Waals surface area (Å²) < 4.78 is 32.9. The van der Waals surface area contributed by atoms with Gasteiger partial charge in [-0.25, -0.2) is 0 Å². The van der Waals surface area contributed by atoms with Crippen LogP contribution in [0.1, 0.15) is 30.0 Å². The fraction of sp³-hybridized carbons (Fsp3) is 0.312. The number of amides is 1. The second-order valence-electron chi connectivity index (χ2n) is 5.40. The second-order valence-corrected chi connectivity index (χ2v) is 6.97. The average molecular weight is 337 g/mol. The molecule has 0 aliphatic rings. The third kappa shape index (κ3) is 4.59. The van der Waals surface area contributed by atoms with Gasteiger partial charge >= 0.3 is 10.1 Å². The van der Waals surface area contributed by atoms with Crippen molar-refractivity contribution in [2.24, 2.45) is 0 Å². The van der Waals surface area contributed by atoms with E-state index in [-0.39, 0.29) is 30.0 Å². The normalized spacial score (nSPS) is 11.5. The summed E-state index contributed by atoms with van der Waals surface area (Å²) in [5.41, 5.74) is 0.603. The van der Waals surface area contributed by atoms with Gasteiger partial charge < -0.3 is 13.5 Å². The molecule has 0 fully saturated rings. The van der Waals surface area contributed by atoms with Gasteiger partial charge in [-0.15, -0.1) is 0 Å². The van der Waals surface area contributed by atoms with Crippen molar-refractivity contribution in [2.75, 3.05) is 6.26 Å². The van der Waals surface area contributed by atoms with Crippen molar-refractivity contribution in [2.45, 2.75) is 26.4 Å². The Morgan fingerprint density at radius 3 is 2.48 bits per heavy atom. The molecule has 6 nitrogen and oxygen atoms in total. The maximum Gasteiger partial charge on any atom is 0.306 e. The van der Waals surface area contributed by atoms with E-state index >= 15 is 0 Å². The van der Waals surface area contributed by atoms with E-state index < -0.39 is 10.1 Å². The number of benzene rings is 1. The van der Waals surface area contributed by atoms with Crippen LogP contribution in [0.2, 0.25) is 0 Å². The zero-order valence-corrected chi connectivity index (χ0v) is 14.0. The predicted molar refractivity (Wildman–Crippen MR) is 85.6 cm³/mol. The first-order valence-electron chi connectivity index (χ1n) is 7.10. The van der Waals surface area contributed by atoms with E-state index in [9.17, 15) is 13.2 Å². The molecule has 124 valence electrons. The minimum absolute atomic E-state index is 0.0983. The molecule has 0 spiro atoms. The van der Waals surface area contributed by atoms with E-state index in [1.807, 2.05) is 13.8 Å². The van der Waals surface area contributed by atoms with Gasteiger partial charge in [0.2, 0.25) is 0 Å². The SMILES string of the molecule is CC(C)N(Cc1ccccc1OS(C)(=O)=O)C(=O)c1ccco1. The van der Waals surface area contributed by atoms with Crippen molar-refractivity contribution >= 4 is 16.0 Å². The van der Waals surface area contributed by atoms with Crippen LogP contribution in [0.15, 0.2) is 47.1 Å². The number of nitrogens with zero attached hydrogens (tertiary/aromatic N) is 1. The number of hydrogen-bond acceptors (Lipinski definition) is 5. The van der Waals surface area contributed by atoms with E-state index in [4.69, 9.17) is 8.60 Å². The lowest BCUT2D eigenvalue weighted by Crippen LogP contribution is -2.36. The van der Waals surface area contributed by atoms with Gasteiger partial charge in [0.25, 0.3) is 5.91 Å². The molecule has 1 heterocycles. The minimum atomic E-state index is -3.64. The number of furan rings is 1. The number of rotatable bonds is 6. The van der Waals surface area contributed by atoms with Gasteiger partial charge in [0.15, 0.2) is 5.76 Å². The van der Waals surface area contributed by atoms with E-state index in [0.29, 0.717) is 5.56 Å². The summed E-state index contributed by atoms with van der Waals surface area (Å²) in [5.74, 6) is 0.187. The van der Waals surface area contributed by atoms with Crippen molar-refractivity contribution in [3.8, 4) is 5.75 Å². The summed E-state index contributed by atoms with van der Waals surface area (Å²) in [6, 6.07) is 9.87. The van der Waals surface area contributed by atoms with Crippen LogP contribution < -0.4 is 4.18 Å². The maximum absolute atomic E-state index is 12.5. The predicted octanol–water partition coefficient (Wildman–Crippen LogP) is 2.67. The van der Waals surface area contributed by atoms with Gasteiger partial charge in [-0.05, 0) is 32.0 Å². The van der Waals surface area contributed by atoms with Crippen LogP contribution in [0, 0.1) is 0 Å². The molecule has 1 amide bonds. The molecule has 0 N–H and O–H groups in total. The average Bonchev–Trinajstić information content (AvgIpc) is 2.97. The first-order valence-corrected chi connectivity index (χ1v) is 8.91. The summed E-state index contributed by atoms with van der Waals surface area (Å²) in [6.07, 6.45) is 2.42. The topological polar surface area (TPSA) is 76.8 Å². The number of para-hydroxylation sites is 1. The van der Waals surface area contributed by atoms with Gasteiger partial charge in [0.05, 0.1) is 19.1 Å². The van der Waals surface area contributed by atoms with Crippen LogP contribution in [-0.2, 0) is 16.7 Å². The minimum Gasteiger partial charge on any atom is -0.459 e. The van der Waals surface area contributed by atoms with Crippen LogP contribution in [0.25, 0.3) is 0 Å². The Morgan fingerprint density at radius 1 is 1.22 bits per heavy atom. The molecule has 0 aliphatic carbocycles. The lowest BCUT2D eigenvalue weighted by molar-refractivity contribution is 0.0657. The Hall–Kier alpha value is -2.28. The van der Waals surface area contributed by atoms with Crippen molar-refractivity contribution in [1.29, 1.82) is 0 Å². The lowest BCUT2D eigenvalue weighted by Gasteiger charge is -2.26. The lowest BCUT2D eigenvalue weighted by atomic mass is 10.1. The molecular formula is C16H19NO5S. The number of hydrogen-bond donors (Lipinski definition) is 0. The molecule has 2 aromatic rings. The van der Waals surface area contributed by atoms with Crippen LogP contribution in [0.5, 0.6) is 5.75 Å². The molecule has 2 rings (SSSR count). The highest BCUT2D eigenvalue weighted by Crippen LogP contribution is 2.23. The fourth-order valence-electron chi connectivity index (χ4n) is 2.09.